The Hall–Kier alpha value is -1.25. The molecule has 1 amide bonds. The molecule has 6 nitrogen and oxygen atoms in total. The van der Waals surface area contributed by atoms with Crippen LogP contribution in [0, 0.1) is 5.92 Å². The molecular weight excluding hydrogens is 408 g/mol. The molecule has 9 heteroatoms. The summed E-state index contributed by atoms with van der Waals surface area (Å²) in [7, 11) is -1.57. The number of hydrogen-bond acceptors (Lipinski definition) is 5. The number of halogens is 1. The molecule has 1 aromatic rings. The fraction of sp³-hybridized carbons (Fsp3) is 0.556. The van der Waals surface area contributed by atoms with Crippen LogP contribution in [-0.2, 0) is 14.6 Å². The minimum absolute atomic E-state index is 0.0481. The highest BCUT2D eigenvalue weighted by Crippen LogP contribution is 2.42. The zero-order valence-corrected chi connectivity index (χ0v) is 17.9. The second-order valence-corrected chi connectivity index (χ2v) is 10.5. The molecule has 2 aliphatic rings. The fourth-order valence-corrected chi connectivity index (χ4v) is 7.67. The molecule has 2 aliphatic heterocycles. The first-order valence-electron chi connectivity index (χ1n) is 8.92. The summed E-state index contributed by atoms with van der Waals surface area (Å²) in [5.41, 5.74) is 0.717. The molecule has 0 aliphatic carbocycles. The molecule has 2 heterocycles. The van der Waals surface area contributed by atoms with E-state index in [2.05, 4.69) is 4.99 Å². The van der Waals surface area contributed by atoms with Crippen molar-refractivity contribution in [2.24, 2.45) is 10.9 Å². The van der Waals surface area contributed by atoms with Gasteiger partial charge in [0, 0.05) is 16.9 Å². The number of methoxy groups -OCH3 is 1. The van der Waals surface area contributed by atoms with Crippen LogP contribution in [0.2, 0.25) is 5.02 Å². The van der Waals surface area contributed by atoms with E-state index < -0.39 is 9.84 Å². The normalized spacial score (nSPS) is 25.2. The quantitative estimate of drug-likeness (QED) is 0.712. The summed E-state index contributed by atoms with van der Waals surface area (Å²) in [5.74, 6) is 0.404. The lowest BCUT2D eigenvalue weighted by atomic mass is 10.0. The molecule has 0 saturated carbocycles. The number of fused-ring (bicyclic) bond motifs is 1. The van der Waals surface area contributed by atoms with Gasteiger partial charge in [0.05, 0.1) is 29.7 Å². The summed E-state index contributed by atoms with van der Waals surface area (Å²) < 4.78 is 29.4. The number of amidine groups is 1. The van der Waals surface area contributed by atoms with Gasteiger partial charge in [0.1, 0.15) is 5.75 Å². The van der Waals surface area contributed by atoms with Gasteiger partial charge in [0.2, 0.25) is 0 Å². The smallest absolute Gasteiger partial charge is 0.251 e. The van der Waals surface area contributed by atoms with Crippen LogP contribution in [0.25, 0.3) is 0 Å². The molecule has 0 radical (unpaired) electrons. The Morgan fingerprint density at radius 1 is 1.37 bits per heavy atom. The van der Waals surface area contributed by atoms with Crippen LogP contribution in [0.1, 0.15) is 26.7 Å². The number of hydrogen-bond donors (Lipinski definition) is 0. The molecule has 0 N–H and O–H groups in total. The second kappa shape index (κ2) is 8.01. The third kappa shape index (κ3) is 4.12. The van der Waals surface area contributed by atoms with Crippen molar-refractivity contribution >= 4 is 50.0 Å². The van der Waals surface area contributed by atoms with Crippen LogP contribution in [-0.4, -0.2) is 49.4 Å². The van der Waals surface area contributed by atoms with Crippen molar-refractivity contribution in [3.05, 3.63) is 23.2 Å². The number of thioether (sulfide) groups is 1. The average molecular weight is 431 g/mol. The summed E-state index contributed by atoms with van der Waals surface area (Å²) in [6.45, 7) is 3.94. The van der Waals surface area contributed by atoms with Gasteiger partial charge in [0.15, 0.2) is 15.0 Å². The first-order valence-corrected chi connectivity index (χ1v) is 12.0. The van der Waals surface area contributed by atoms with Gasteiger partial charge in [-0.15, -0.1) is 0 Å². The van der Waals surface area contributed by atoms with Crippen LogP contribution in [0.5, 0.6) is 5.75 Å². The number of anilines is 1. The van der Waals surface area contributed by atoms with Gasteiger partial charge in [-0.2, -0.15) is 4.99 Å². The van der Waals surface area contributed by atoms with E-state index in [1.165, 1.54) is 18.9 Å². The van der Waals surface area contributed by atoms with E-state index in [1.807, 2.05) is 24.8 Å². The molecule has 27 heavy (non-hydrogen) atoms. The molecule has 2 fully saturated rings. The zero-order chi connectivity index (χ0) is 19.8. The minimum atomic E-state index is -3.11. The number of rotatable bonds is 5. The van der Waals surface area contributed by atoms with Crippen LogP contribution in [0.3, 0.4) is 0 Å². The zero-order valence-electron chi connectivity index (χ0n) is 15.5. The van der Waals surface area contributed by atoms with E-state index in [0.29, 0.717) is 21.6 Å². The van der Waals surface area contributed by atoms with Gasteiger partial charge in [0.25, 0.3) is 5.91 Å². The maximum atomic E-state index is 12.6. The third-order valence-electron chi connectivity index (χ3n) is 5.02. The predicted molar refractivity (Wildman–Crippen MR) is 111 cm³/mol. The summed E-state index contributed by atoms with van der Waals surface area (Å²) in [6.07, 6.45) is 1.46. The highest BCUT2D eigenvalue weighted by molar-refractivity contribution is 8.16. The Bertz CT molecular complexity index is 868. The van der Waals surface area contributed by atoms with Crippen LogP contribution in [0.4, 0.5) is 5.69 Å². The van der Waals surface area contributed by atoms with Crippen molar-refractivity contribution in [2.75, 3.05) is 23.5 Å². The van der Waals surface area contributed by atoms with Gasteiger partial charge >= 0.3 is 0 Å². The molecular formula is C18H23ClN2O4S2. The summed E-state index contributed by atoms with van der Waals surface area (Å²) >= 11 is 7.64. The van der Waals surface area contributed by atoms with E-state index in [1.54, 1.807) is 12.1 Å². The lowest BCUT2D eigenvalue weighted by Gasteiger charge is -2.25. The third-order valence-corrected chi connectivity index (χ3v) is 8.53. The SMILES string of the molecule is CCC(CC)C(=O)N=C1S[C@@H]2CS(=O)(=O)C[C@H]2N1c1ccc(OC)c(Cl)c1. The second-order valence-electron chi connectivity index (χ2n) is 6.74. The predicted octanol–water partition coefficient (Wildman–Crippen LogP) is 3.39. The first kappa shape index (κ1) is 20.5. The van der Waals surface area contributed by atoms with E-state index in [9.17, 15) is 13.2 Å². The monoisotopic (exact) mass is 430 g/mol. The molecule has 1 aromatic carbocycles. The summed E-state index contributed by atoms with van der Waals surface area (Å²) in [6, 6.07) is 5.03. The van der Waals surface area contributed by atoms with Gasteiger partial charge in [-0.25, -0.2) is 8.42 Å². The van der Waals surface area contributed by atoms with Gasteiger partial charge in [-0.3, -0.25) is 4.79 Å². The Morgan fingerprint density at radius 3 is 2.67 bits per heavy atom. The van der Waals surface area contributed by atoms with Crippen LogP contribution in [0.15, 0.2) is 23.2 Å². The molecule has 148 valence electrons. The molecule has 0 spiro atoms. The summed E-state index contributed by atoms with van der Waals surface area (Å²) in [4.78, 5) is 18.8. The lowest BCUT2D eigenvalue weighted by Crippen LogP contribution is -2.38. The number of ether oxygens (including phenoxy) is 1. The van der Waals surface area contributed by atoms with Crippen molar-refractivity contribution in [1.82, 2.24) is 0 Å². The number of carbonyl (C=O) groups is 1. The number of nitrogens with zero attached hydrogens (tertiary/aromatic N) is 2. The lowest BCUT2D eigenvalue weighted by molar-refractivity contribution is -0.121. The topological polar surface area (TPSA) is 76.0 Å². The average Bonchev–Trinajstić information content (AvgIpc) is 3.06. The Morgan fingerprint density at radius 2 is 2.07 bits per heavy atom. The van der Waals surface area contributed by atoms with Crippen molar-refractivity contribution in [2.45, 2.75) is 38.0 Å². The van der Waals surface area contributed by atoms with Gasteiger partial charge < -0.3 is 9.64 Å². The molecule has 2 atom stereocenters. The highest BCUT2D eigenvalue weighted by atomic mass is 35.5. The van der Waals surface area contributed by atoms with Crippen LogP contribution < -0.4 is 9.64 Å². The Labute approximate surface area is 169 Å². The summed E-state index contributed by atoms with van der Waals surface area (Å²) in [5, 5.41) is 0.845. The maximum Gasteiger partial charge on any atom is 0.251 e. The number of benzene rings is 1. The first-order chi connectivity index (χ1) is 12.8. The molecule has 0 bridgehead atoms. The number of carbonyl (C=O) groups excluding carboxylic acids is 1. The minimum Gasteiger partial charge on any atom is -0.495 e. The molecule has 0 unspecified atom stereocenters. The Kier molecular flexibility index (Phi) is 6.08. The van der Waals surface area contributed by atoms with E-state index >= 15 is 0 Å². The van der Waals surface area contributed by atoms with E-state index in [0.717, 1.165) is 12.8 Å². The maximum absolute atomic E-state index is 12.6. The largest absolute Gasteiger partial charge is 0.495 e. The number of aliphatic imine (C=N–C) groups is 1. The van der Waals surface area contributed by atoms with Gasteiger partial charge in [-0.05, 0) is 31.0 Å². The molecule has 3 rings (SSSR count). The highest BCUT2D eigenvalue weighted by Gasteiger charge is 2.49. The fourth-order valence-electron chi connectivity index (χ4n) is 3.50. The van der Waals surface area contributed by atoms with E-state index in [-0.39, 0.29) is 34.6 Å². The number of sulfone groups is 1. The van der Waals surface area contributed by atoms with Crippen molar-refractivity contribution in [3.8, 4) is 5.75 Å². The van der Waals surface area contributed by atoms with Crippen molar-refractivity contribution in [3.63, 3.8) is 0 Å². The molecule has 0 aromatic heterocycles. The van der Waals surface area contributed by atoms with Crippen molar-refractivity contribution < 1.29 is 17.9 Å². The van der Waals surface area contributed by atoms with Gasteiger partial charge in [-0.1, -0.05) is 37.2 Å². The van der Waals surface area contributed by atoms with Crippen molar-refractivity contribution in [1.29, 1.82) is 0 Å². The molecule has 2 saturated heterocycles. The van der Waals surface area contributed by atoms with Crippen LogP contribution >= 0.6 is 23.4 Å². The van der Waals surface area contributed by atoms with E-state index in [4.69, 9.17) is 16.3 Å². The Balaban J connectivity index is 2.01. The standard InChI is InChI=1S/C18H23ClN2O4S2/c1-4-11(5-2)17(22)20-18-21(12-6-7-15(25-3)13(19)8-12)14-9-27(23,24)10-16(14)26-18/h6-8,11,14,16H,4-5,9-10H2,1-3H3/t14-,16-/m1/s1. The number of amides is 1.